The molecule has 3 N–H and O–H groups in total. The summed E-state index contributed by atoms with van der Waals surface area (Å²) in [5, 5.41) is 11.1. The van der Waals surface area contributed by atoms with Crippen LogP contribution in [-0.4, -0.2) is 60.0 Å². The van der Waals surface area contributed by atoms with Crippen molar-refractivity contribution >= 4 is 35.6 Å². The molecule has 10 nitrogen and oxygen atoms in total. The van der Waals surface area contributed by atoms with Crippen LogP contribution in [0.4, 0.5) is 4.39 Å². The first-order valence-electron chi connectivity index (χ1n) is 12.7. The fourth-order valence-corrected chi connectivity index (χ4v) is 6.54. The fraction of sp³-hybridized carbons (Fsp3) is 0.615. The van der Waals surface area contributed by atoms with Gasteiger partial charge in [0.05, 0.1) is 23.9 Å². The highest BCUT2D eigenvalue weighted by molar-refractivity contribution is 7.99. The van der Waals surface area contributed by atoms with Gasteiger partial charge in [-0.1, -0.05) is 0 Å². The summed E-state index contributed by atoms with van der Waals surface area (Å²) in [5.74, 6) is -6.15. The van der Waals surface area contributed by atoms with E-state index in [4.69, 9.17) is 24.7 Å². The molecule has 4 saturated carbocycles. The SMILES string of the molecule is Cc1cc(SC[C@@H]2[C@@H](O)[C@H]3[C@H](C(=O)OCOC(=O)C4CC4)[C@H]3[C@]2(N)C(=O)OCOC(=O)C2CC2)ccc1F. The number of hydrogen-bond donors (Lipinski definition) is 2. The molecule has 1 aromatic rings. The number of rotatable bonds is 11. The van der Waals surface area contributed by atoms with E-state index in [2.05, 4.69) is 0 Å². The number of fused-ring (bicyclic) bond motifs is 1. The van der Waals surface area contributed by atoms with Gasteiger partial charge < -0.3 is 29.8 Å². The van der Waals surface area contributed by atoms with Crippen LogP contribution in [0.3, 0.4) is 0 Å². The number of aliphatic hydroxyl groups excluding tert-OH is 1. The number of aliphatic hydroxyl groups is 1. The average molecular weight is 552 g/mol. The average Bonchev–Trinajstić information content (AvgIpc) is 3.76. The van der Waals surface area contributed by atoms with Gasteiger partial charge in [0.25, 0.3) is 0 Å². The summed E-state index contributed by atoms with van der Waals surface area (Å²) in [5.41, 5.74) is 5.32. The van der Waals surface area contributed by atoms with Gasteiger partial charge in [0.2, 0.25) is 13.6 Å². The molecular formula is C26H30FNO9S. The van der Waals surface area contributed by atoms with E-state index in [1.165, 1.54) is 17.8 Å². The minimum Gasteiger partial charge on any atom is -0.428 e. The van der Waals surface area contributed by atoms with E-state index in [0.717, 1.165) is 30.6 Å². The van der Waals surface area contributed by atoms with Crippen LogP contribution in [0.25, 0.3) is 0 Å². The highest BCUT2D eigenvalue weighted by Crippen LogP contribution is 2.64. The number of hydrogen-bond acceptors (Lipinski definition) is 11. The molecule has 4 aliphatic carbocycles. The van der Waals surface area contributed by atoms with Crippen molar-refractivity contribution in [3.05, 3.63) is 29.6 Å². The first kappa shape index (κ1) is 26.9. The first-order valence-corrected chi connectivity index (χ1v) is 13.6. The molecule has 0 aromatic heterocycles. The van der Waals surface area contributed by atoms with E-state index in [-0.39, 0.29) is 23.4 Å². The van der Waals surface area contributed by atoms with Crippen LogP contribution in [0, 0.1) is 48.2 Å². The number of halogens is 1. The molecule has 0 radical (unpaired) electrons. The van der Waals surface area contributed by atoms with Gasteiger partial charge in [0, 0.05) is 28.4 Å². The van der Waals surface area contributed by atoms with Crippen molar-refractivity contribution in [2.24, 2.45) is 41.2 Å². The second-order valence-electron chi connectivity index (χ2n) is 10.5. The van der Waals surface area contributed by atoms with Crippen molar-refractivity contribution in [2.45, 2.75) is 49.1 Å². The number of ether oxygens (including phenoxy) is 4. The van der Waals surface area contributed by atoms with Crippen molar-refractivity contribution < 1.29 is 47.6 Å². The second kappa shape index (κ2) is 10.5. The molecule has 38 heavy (non-hydrogen) atoms. The lowest BCUT2D eigenvalue weighted by atomic mass is 9.81. The van der Waals surface area contributed by atoms with E-state index >= 15 is 0 Å². The van der Waals surface area contributed by atoms with Crippen LogP contribution in [-0.2, 0) is 38.1 Å². The lowest BCUT2D eigenvalue weighted by Crippen LogP contribution is -2.59. The van der Waals surface area contributed by atoms with Crippen molar-refractivity contribution in [1.29, 1.82) is 0 Å². The van der Waals surface area contributed by atoms with Crippen molar-refractivity contribution in [3.8, 4) is 0 Å². The summed E-state index contributed by atoms with van der Waals surface area (Å²) in [6, 6.07) is 4.57. The number of benzene rings is 1. The topological polar surface area (TPSA) is 151 Å². The first-order chi connectivity index (χ1) is 18.1. The lowest BCUT2D eigenvalue weighted by molar-refractivity contribution is -0.174. The highest BCUT2D eigenvalue weighted by atomic mass is 32.2. The second-order valence-corrected chi connectivity index (χ2v) is 11.6. The molecule has 0 saturated heterocycles. The smallest absolute Gasteiger partial charge is 0.329 e. The molecule has 12 heteroatoms. The minimum atomic E-state index is -1.77. The van der Waals surface area contributed by atoms with Crippen molar-refractivity contribution in [3.63, 3.8) is 0 Å². The zero-order chi connectivity index (χ0) is 27.2. The van der Waals surface area contributed by atoms with Crippen LogP contribution in [0.2, 0.25) is 0 Å². The van der Waals surface area contributed by atoms with Crippen molar-refractivity contribution in [1.82, 2.24) is 0 Å². The molecule has 4 aliphatic rings. The number of esters is 4. The van der Waals surface area contributed by atoms with Gasteiger partial charge in [0.15, 0.2) is 0 Å². The van der Waals surface area contributed by atoms with Gasteiger partial charge in [-0.05, 0) is 56.4 Å². The van der Waals surface area contributed by atoms with Crippen molar-refractivity contribution in [2.75, 3.05) is 19.3 Å². The summed E-state index contributed by atoms with van der Waals surface area (Å²) in [6.07, 6.45) is 1.82. The number of carbonyl (C=O) groups is 4. The Bertz CT molecular complexity index is 1140. The predicted molar refractivity (Wildman–Crippen MR) is 128 cm³/mol. The standard InChI is InChI=1S/C26H30FNO9S/c1-12-8-15(6-7-17(12)27)38-9-16-21(29)18-19(24(32)36-10-34-22(30)13-2-3-13)20(18)26(16,28)25(33)37-11-35-23(31)14-4-5-14/h6-8,13-14,16,18-21,29H,2-5,9-11,28H2,1H3/t16-,18+,19+,20+,21-,26+/m1/s1. The number of nitrogens with two attached hydrogens (primary N) is 1. The monoisotopic (exact) mass is 551 g/mol. The molecule has 0 amide bonds. The van der Waals surface area contributed by atoms with E-state index in [1.807, 2.05) is 0 Å². The molecule has 206 valence electrons. The van der Waals surface area contributed by atoms with Gasteiger partial charge in [-0.3, -0.25) is 14.4 Å². The predicted octanol–water partition coefficient (Wildman–Crippen LogP) is 1.68. The maximum absolute atomic E-state index is 13.7. The van der Waals surface area contributed by atoms with E-state index in [0.29, 0.717) is 5.56 Å². The van der Waals surface area contributed by atoms with Crippen LogP contribution in [0.15, 0.2) is 23.1 Å². The quantitative estimate of drug-likeness (QED) is 0.235. The van der Waals surface area contributed by atoms with E-state index in [1.54, 1.807) is 19.1 Å². The zero-order valence-corrected chi connectivity index (χ0v) is 21.6. The van der Waals surface area contributed by atoms with Crippen LogP contribution in [0.1, 0.15) is 31.2 Å². The third kappa shape index (κ3) is 5.26. The number of aryl methyl sites for hydroxylation is 1. The van der Waals surface area contributed by atoms with E-state index < -0.39 is 72.8 Å². The van der Waals surface area contributed by atoms with Gasteiger partial charge in [-0.15, -0.1) is 11.8 Å². The molecule has 0 bridgehead atoms. The summed E-state index contributed by atoms with van der Waals surface area (Å²) in [7, 11) is 0. The molecule has 5 rings (SSSR count). The third-order valence-electron chi connectivity index (χ3n) is 7.85. The highest BCUT2D eigenvalue weighted by Gasteiger charge is 2.78. The molecule has 0 heterocycles. The minimum absolute atomic E-state index is 0.153. The fourth-order valence-electron chi connectivity index (χ4n) is 5.28. The lowest BCUT2D eigenvalue weighted by Gasteiger charge is -2.34. The Morgan fingerprint density at radius 1 is 1.00 bits per heavy atom. The van der Waals surface area contributed by atoms with Crippen LogP contribution < -0.4 is 5.73 Å². The Morgan fingerprint density at radius 3 is 2.16 bits per heavy atom. The molecular weight excluding hydrogens is 521 g/mol. The van der Waals surface area contributed by atoms with Crippen LogP contribution >= 0.6 is 11.8 Å². The molecule has 0 unspecified atom stereocenters. The number of thioether (sulfide) groups is 1. The van der Waals surface area contributed by atoms with Gasteiger partial charge in [-0.2, -0.15) is 0 Å². The summed E-state index contributed by atoms with van der Waals surface area (Å²) >= 11 is 1.29. The summed E-state index contributed by atoms with van der Waals surface area (Å²) in [4.78, 5) is 50.2. The summed E-state index contributed by atoms with van der Waals surface area (Å²) < 4.78 is 33.9. The molecule has 4 fully saturated rings. The van der Waals surface area contributed by atoms with Gasteiger partial charge >= 0.3 is 23.9 Å². The Balaban J connectivity index is 1.25. The van der Waals surface area contributed by atoms with Gasteiger partial charge in [0.1, 0.15) is 11.4 Å². The Kier molecular flexibility index (Phi) is 7.40. The maximum atomic E-state index is 13.7. The molecule has 0 spiro atoms. The number of carbonyl (C=O) groups excluding carboxylic acids is 4. The Morgan fingerprint density at radius 2 is 1.58 bits per heavy atom. The van der Waals surface area contributed by atoms with Crippen LogP contribution in [0.5, 0.6) is 0 Å². The third-order valence-corrected chi connectivity index (χ3v) is 8.96. The molecule has 0 aliphatic heterocycles. The normalized spacial score (nSPS) is 31.2. The Hall–Kier alpha value is -2.70. The van der Waals surface area contributed by atoms with E-state index in [9.17, 15) is 28.7 Å². The Labute approximate surface area is 222 Å². The zero-order valence-electron chi connectivity index (χ0n) is 20.8. The van der Waals surface area contributed by atoms with Gasteiger partial charge in [-0.25, -0.2) is 9.18 Å². The largest absolute Gasteiger partial charge is 0.428 e. The molecule has 1 aromatic carbocycles. The molecule has 6 atom stereocenters. The maximum Gasteiger partial charge on any atom is 0.329 e. The summed E-state index contributed by atoms with van der Waals surface area (Å²) in [6.45, 7) is 0.455.